The lowest BCUT2D eigenvalue weighted by atomic mass is 10.0. The molecule has 12 heavy (non-hydrogen) atoms. The van der Waals surface area contributed by atoms with Crippen LogP contribution in [0.2, 0.25) is 0 Å². The van der Waals surface area contributed by atoms with Crippen LogP contribution in [-0.4, -0.2) is 19.4 Å². The van der Waals surface area contributed by atoms with Crippen molar-refractivity contribution in [2.45, 2.75) is 39.5 Å². The zero-order valence-corrected chi connectivity index (χ0v) is 8.52. The Kier molecular flexibility index (Phi) is 7.06. The summed E-state index contributed by atoms with van der Waals surface area (Å²) in [5.41, 5.74) is 0. The van der Waals surface area contributed by atoms with Crippen LogP contribution in [0.25, 0.3) is 0 Å². The molecule has 1 N–H and O–H groups in total. The van der Waals surface area contributed by atoms with E-state index in [1.807, 2.05) is 14.0 Å². The molecule has 2 heteroatoms. The van der Waals surface area contributed by atoms with Crippen LogP contribution >= 0.6 is 0 Å². The van der Waals surface area contributed by atoms with Crippen LogP contribution < -0.4 is 5.32 Å². The topological polar surface area (TPSA) is 29.1 Å². The summed E-state index contributed by atoms with van der Waals surface area (Å²) < 4.78 is 0. The minimum atomic E-state index is 0.187. The van der Waals surface area contributed by atoms with Crippen molar-refractivity contribution in [3.63, 3.8) is 0 Å². The Hall–Kier alpha value is -0.370. The van der Waals surface area contributed by atoms with Crippen LogP contribution in [0.15, 0.2) is 0 Å². The molecule has 0 heterocycles. The predicted octanol–water partition coefficient (Wildman–Crippen LogP) is 1.99. The average molecular weight is 171 g/mol. The highest BCUT2D eigenvalue weighted by Gasteiger charge is 2.10. The van der Waals surface area contributed by atoms with Crippen LogP contribution in [0.1, 0.15) is 39.5 Å². The van der Waals surface area contributed by atoms with E-state index in [2.05, 4.69) is 12.2 Å². The molecule has 0 radical (unpaired) electrons. The molecule has 0 spiro atoms. The number of ketones is 1. The molecule has 0 saturated carbocycles. The van der Waals surface area contributed by atoms with E-state index in [0.717, 1.165) is 19.4 Å². The first-order valence-corrected chi connectivity index (χ1v) is 4.89. The van der Waals surface area contributed by atoms with Crippen molar-refractivity contribution >= 4 is 5.78 Å². The quantitative estimate of drug-likeness (QED) is 0.593. The second kappa shape index (κ2) is 7.29. The summed E-state index contributed by atoms with van der Waals surface area (Å²) in [6, 6.07) is 0. The number of unbranched alkanes of at least 4 members (excludes halogenated alkanes) is 2. The number of hydrogen-bond acceptors (Lipinski definition) is 2. The first-order valence-electron chi connectivity index (χ1n) is 4.89. The number of rotatable bonds is 7. The van der Waals surface area contributed by atoms with Crippen molar-refractivity contribution < 1.29 is 4.79 Å². The second-order valence-electron chi connectivity index (χ2n) is 3.38. The lowest BCUT2D eigenvalue weighted by Crippen LogP contribution is -2.23. The Morgan fingerprint density at radius 2 is 2.08 bits per heavy atom. The molecule has 0 aromatic rings. The fourth-order valence-electron chi connectivity index (χ4n) is 1.22. The van der Waals surface area contributed by atoms with Crippen molar-refractivity contribution in [3.8, 4) is 0 Å². The molecule has 0 amide bonds. The molecule has 0 aromatic heterocycles. The van der Waals surface area contributed by atoms with Crippen LogP contribution in [0.5, 0.6) is 0 Å². The molecule has 0 aliphatic heterocycles. The van der Waals surface area contributed by atoms with Gasteiger partial charge >= 0.3 is 0 Å². The molecule has 0 bridgehead atoms. The molecule has 0 aromatic carbocycles. The molecule has 1 unspecified atom stereocenters. The second-order valence-corrected chi connectivity index (χ2v) is 3.38. The van der Waals surface area contributed by atoms with Gasteiger partial charge in [-0.05, 0) is 13.5 Å². The van der Waals surface area contributed by atoms with E-state index in [1.54, 1.807) is 0 Å². The van der Waals surface area contributed by atoms with Crippen molar-refractivity contribution in [2.75, 3.05) is 13.6 Å². The standard InChI is InChI=1S/C10H21NO/c1-4-5-6-7-10(12)9(2)8-11-3/h9,11H,4-8H2,1-3H3. The van der Waals surface area contributed by atoms with Gasteiger partial charge in [0.2, 0.25) is 0 Å². The molecular weight excluding hydrogens is 150 g/mol. The minimum Gasteiger partial charge on any atom is -0.319 e. The van der Waals surface area contributed by atoms with Crippen molar-refractivity contribution in [1.29, 1.82) is 0 Å². The third kappa shape index (κ3) is 5.30. The maximum atomic E-state index is 11.4. The van der Waals surface area contributed by atoms with Crippen LogP contribution in [0, 0.1) is 5.92 Å². The number of carbonyl (C=O) groups excluding carboxylic acids is 1. The number of nitrogens with one attached hydrogen (secondary N) is 1. The molecular formula is C10H21NO. The first-order chi connectivity index (χ1) is 5.72. The predicted molar refractivity (Wildman–Crippen MR) is 52.2 cm³/mol. The van der Waals surface area contributed by atoms with E-state index in [0.29, 0.717) is 5.78 Å². The molecule has 72 valence electrons. The van der Waals surface area contributed by atoms with Gasteiger partial charge in [0.05, 0.1) is 0 Å². The summed E-state index contributed by atoms with van der Waals surface area (Å²) in [4.78, 5) is 11.4. The van der Waals surface area contributed by atoms with Crippen molar-refractivity contribution in [2.24, 2.45) is 5.92 Å². The molecule has 1 atom stereocenters. The van der Waals surface area contributed by atoms with E-state index >= 15 is 0 Å². The Balaban J connectivity index is 3.43. The molecule has 2 nitrogen and oxygen atoms in total. The van der Waals surface area contributed by atoms with Gasteiger partial charge in [-0.1, -0.05) is 26.7 Å². The molecule has 0 rings (SSSR count). The normalized spacial score (nSPS) is 12.9. The summed E-state index contributed by atoms with van der Waals surface area (Å²) in [6.45, 7) is 4.96. The number of carbonyl (C=O) groups is 1. The van der Waals surface area contributed by atoms with Gasteiger partial charge in [-0.2, -0.15) is 0 Å². The molecule has 0 aliphatic rings. The first kappa shape index (κ1) is 11.6. The van der Waals surface area contributed by atoms with Gasteiger partial charge in [0.25, 0.3) is 0 Å². The van der Waals surface area contributed by atoms with E-state index in [1.165, 1.54) is 12.8 Å². The Morgan fingerprint density at radius 1 is 1.42 bits per heavy atom. The highest BCUT2D eigenvalue weighted by molar-refractivity contribution is 5.80. The highest BCUT2D eigenvalue weighted by atomic mass is 16.1. The van der Waals surface area contributed by atoms with Crippen LogP contribution in [0.3, 0.4) is 0 Å². The summed E-state index contributed by atoms with van der Waals surface area (Å²) in [5, 5.41) is 3.02. The fraction of sp³-hybridized carbons (Fsp3) is 0.900. The summed E-state index contributed by atoms with van der Waals surface area (Å²) in [6.07, 6.45) is 4.19. The van der Waals surface area contributed by atoms with Crippen LogP contribution in [-0.2, 0) is 4.79 Å². The molecule has 0 fully saturated rings. The smallest absolute Gasteiger partial charge is 0.136 e. The summed E-state index contributed by atoms with van der Waals surface area (Å²) in [7, 11) is 1.88. The van der Waals surface area contributed by atoms with Gasteiger partial charge in [-0.3, -0.25) is 4.79 Å². The monoisotopic (exact) mass is 171 g/mol. The third-order valence-corrected chi connectivity index (χ3v) is 2.09. The Bertz CT molecular complexity index is 123. The van der Waals surface area contributed by atoms with Crippen molar-refractivity contribution in [1.82, 2.24) is 5.32 Å². The summed E-state index contributed by atoms with van der Waals surface area (Å²) in [5.74, 6) is 0.588. The lowest BCUT2D eigenvalue weighted by Gasteiger charge is -2.08. The molecule has 0 saturated heterocycles. The lowest BCUT2D eigenvalue weighted by molar-refractivity contribution is -0.122. The average Bonchev–Trinajstić information content (AvgIpc) is 2.05. The number of hydrogen-bond donors (Lipinski definition) is 1. The largest absolute Gasteiger partial charge is 0.319 e. The van der Waals surface area contributed by atoms with Gasteiger partial charge in [-0.25, -0.2) is 0 Å². The van der Waals surface area contributed by atoms with Crippen molar-refractivity contribution in [3.05, 3.63) is 0 Å². The van der Waals surface area contributed by atoms with E-state index in [4.69, 9.17) is 0 Å². The summed E-state index contributed by atoms with van der Waals surface area (Å²) >= 11 is 0. The Labute approximate surface area is 75.7 Å². The number of Topliss-reactive ketones (excluding diaryl/α,β-unsaturated/α-hetero) is 1. The van der Waals surface area contributed by atoms with Gasteiger partial charge in [-0.15, -0.1) is 0 Å². The maximum Gasteiger partial charge on any atom is 0.136 e. The fourth-order valence-corrected chi connectivity index (χ4v) is 1.22. The third-order valence-electron chi connectivity index (χ3n) is 2.09. The van der Waals surface area contributed by atoms with Gasteiger partial charge in [0.1, 0.15) is 5.78 Å². The Morgan fingerprint density at radius 3 is 2.58 bits per heavy atom. The van der Waals surface area contributed by atoms with Gasteiger partial charge < -0.3 is 5.32 Å². The molecule has 0 aliphatic carbocycles. The maximum absolute atomic E-state index is 11.4. The SMILES string of the molecule is CCCCCC(=O)C(C)CNC. The zero-order valence-electron chi connectivity index (χ0n) is 8.52. The van der Waals surface area contributed by atoms with Crippen LogP contribution in [0.4, 0.5) is 0 Å². The van der Waals surface area contributed by atoms with E-state index in [9.17, 15) is 4.79 Å². The highest BCUT2D eigenvalue weighted by Crippen LogP contribution is 2.05. The van der Waals surface area contributed by atoms with Gasteiger partial charge in [0.15, 0.2) is 0 Å². The van der Waals surface area contributed by atoms with Gasteiger partial charge in [0, 0.05) is 18.9 Å². The van der Waals surface area contributed by atoms with E-state index < -0.39 is 0 Å². The zero-order chi connectivity index (χ0) is 9.40. The van der Waals surface area contributed by atoms with E-state index in [-0.39, 0.29) is 5.92 Å². The minimum absolute atomic E-state index is 0.187.